The van der Waals surface area contributed by atoms with Crippen molar-refractivity contribution in [2.75, 3.05) is 6.61 Å². The summed E-state index contributed by atoms with van der Waals surface area (Å²) in [7, 11) is 0. The highest BCUT2D eigenvalue weighted by Gasteiger charge is 2.20. The summed E-state index contributed by atoms with van der Waals surface area (Å²) in [6, 6.07) is -0.745. The molecular weight excluding hydrogens is 667 g/mol. The third kappa shape index (κ3) is 40.5. The van der Waals surface area contributed by atoms with Crippen LogP contribution in [-0.4, -0.2) is 46.1 Å². The first kappa shape index (κ1) is 52.8. The number of carbonyl (C=O) groups is 1. The molecule has 320 valence electrons. The van der Waals surface area contributed by atoms with Gasteiger partial charge in [-0.25, -0.2) is 0 Å². The van der Waals surface area contributed by atoms with E-state index in [9.17, 15) is 20.1 Å². The Balaban J connectivity index is 3.61. The fraction of sp³-hybridized carbons (Fsp3) is 0.898. The number of nitrogens with one attached hydrogen (secondary N) is 1. The lowest BCUT2D eigenvalue weighted by molar-refractivity contribution is -0.124. The SMILES string of the molecule is CCCCCCCC/C=C\CCCCCCCC(O)CC(=O)NC(CO)C(O)/C=C/CCCCCCCCCCCCCCCCCCCCCCCC. The molecule has 0 fully saturated rings. The van der Waals surface area contributed by atoms with Crippen LogP contribution in [0, 0.1) is 0 Å². The number of amides is 1. The van der Waals surface area contributed by atoms with Gasteiger partial charge in [-0.05, 0) is 44.9 Å². The van der Waals surface area contributed by atoms with Gasteiger partial charge >= 0.3 is 0 Å². The zero-order valence-electron chi connectivity index (χ0n) is 36.4. The van der Waals surface area contributed by atoms with Crippen LogP contribution >= 0.6 is 0 Å². The number of rotatable bonds is 44. The number of hydrogen-bond acceptors (Lipinski definition) is 4. The van der Waals surface area contributed by atoms with E-state index in [2.05, 4.69) is 31.3 Å². The van der Waals surface area contributed by atoms with Crippen LogP contribution in [0.4, 0.5) is 0 Å². The summed E-state index contributed by atoms with van der Waals surface area (Å²) >= 11 is 0. The Labute approximate surface area is 337 Å². The Morgan fingerprint density at radius 1 is 0.463 bits per heavy atom. The lowest BCUT2D eigenvalue weighted by Gasteiger charge is -2.21. The molecule has 0 heterocycles. The third-order valence-corrected chi connectivity index (χ3v) is 11.2. The highest BCUT2D eigenvalue weighted by atomic mass is 16.3. The second-order valence-corrected chi connectivity index (χ2v) is 16.7. The van der Waals surface area contributed by atoms with Crippen molar-refractivity contribution in [1.82, 2.24) is 5.32 Å². The van der Waals surface area contributed by atoms with E-state index < -0.39 is 18.2 Å². The molecule has 0 aromatic carbocycles. The maximum absolute atomic E-state index is 12.4. The highest BCUT2D eigenvalue weighted by molar-refractivity contribution is 5.76. The minimum atomic E-state index is -0.929. The molecule has 5 nitrogen and oxygen atoms in total. The van der Waals surface area contributed by atoms with Gasteiger partial charge in [-0.2, -0.15) is 0 Å². The minimum Gasteiger partial charge on any atom is -0.394 e. The first-order valence-corrected chi connectivity index (χ1v) is 24.1. The Morgan fingerprint density at radius 2 is 0.778 bits per heavy atom. The highest BCUT2D eigenvalue weighted by Crippen LogP contribution is 2.16. The maximum Gasteiger partial charge on any atom is 0.222 e. The Kier molecular flexibility index (Phi) is 43.6. The number of aliphatic hydroxyl groups is 3. The van der Waals surface area contributed by atoms with Gasteiger partial charge in [0, 0.05) is 0 Å². The molecule has 54 heavy (non-hydrogen) atoms. The van der Waals surface area contributed by atoms with E-state index in [0.717, 1.165) is 38.5 Å². The van der Waals surface area contributed by atoms with Crippen molar-refractivity contribution in [2.24, 2.45) is 0 Å². The number of unbranched alkanes of at least 4 members (excludes halogenated alkanes) is 33. The van der Waals surface area contributed by atoms with Gasteiger partial charge in [-0.15, -0.1) is 0 Å². The van der Waals surface area contributed by atoms with Gasteiger partial charge in [0.25, 0.3) is 0 Å². The van der Waals surface area contributed by atoms with E-state index in [1.54, 1.807) is 6.08 Å². The smallest absolute Gasteiger partial charge is 0.222 e. The summed E-state index contributed by atoms with van der Waals surface area (Å²) in [5.41, 5.74) is 0. The van der Waals surface area contributed by atoms with Gasteiger partial charge in [0.2, 0.25) is 5.91 Å². The molecule has 0 aliphatic heterocycles. The van der Waals surface area contributed by atoms with Gasteiger partial charge in [-0.3, -0.25) is 4.79 Å². The van der Waals surface area contributed by atoms with Crippen LogP contribution in [0.5, 0.6) is 0 Å². The van der Waals surface area contributed by atoms with Crippen LogP contribution in [0.3, 0.4) is 0 Å². The van der Waals surface area contributed by atoms with Crippen LogP contribution in [0.1, 0.15) is 258 Å². The van der Waals surface area contributed by atoms with E-state index in [0.29, 0.717) is 6.42 Å². The van der Waals surface area contributed by atoms with Crippen molar-refractivity contribution in [2.45, 2.75) is 276 Å². The zero-order valence-corrected chi connectivity index (χ0v) is 36.4. The molecule has 0 rings (SSSR count). The minimum absolute atomic E-state index is 0.00973. The predicted molar refractivity (Wildman–Crippen MR) is 236 cm³/mol. The molecule has 0 saturated carbocycles. The lowest BCUT2D eigenvalue weighted by Crippen LogP contribution is -2.45. The number of aliphatic hydroxyl groups excluding tert-OH is 3. The van der Waals surface area contributed by atoms with Gasteiger partial charge < -0.3 is 20.6 Å². The molecule has 5 heteroatoms. The quantitative estimate of drug-likeness (QED) is 0.0368. The largest absolute Gasteiger partial charge is 0.394 e. The van der Waals surface area contributed by atoms with Gasteiger partial charge in [0.05, 0.1) is 31.3 Å². The molecule has 3 atom stereocenters. The molecule has 3 unspecified atom stereocenters. The van der Waals surface area contributed by atoms with Crippen LogP contribution in [0.15, 0.2) is 24.3 Å². The Bertz CT molecular complexity index is 799. The third-order valence-electron chi connectivity index (χ3n) is 11.2. The van der Waals surface area contributed by atoms with Crippen LogP contribution in [-0.2, 0) is 4.79 Å². The maximum atomic E-state index is 12.4. The molecule has 0 aromatic rings. The molecule has 0 aliphatic carbocycles. The van der Waals surface area contributed by atoms with E-state index in [4.69, 9.17) is 0 Å². The normalized spacial score (nSPS) is 13.6. The zero-order chi connectivity index (χ0) is 39.4. The fourth-order valence-electron chi connectivity index (χ4n) is 7.51. The van der Waals surface area contributed by atoms with E-state index in [1.807, 2.05) is 6.08 Å². The standard InChI is InChI=1S/C49H95NO4/c1-3-5-7-9-11-13-15-17-19-20-21-22-23-24-25-26-27-29-31-33-35-37-39-41-43-48(53)47(45-51)50-49(54)44-46(52)42-40-38-36-34-32-30-28-18-16-14-12-10-8-6-4-2/h18,28,41,43,46-48,51-53H,3-17,19-27,29-40,42,44-45H2,1-2H3,(H,50,54)/b28-18-,43-41+. The van der Waals surface area contributed by atoms with Gasteiger partial charge in [0.15, 0.2) is 0 Å². The van der Waals surface area contributed by atoms with Crippen molar-refractivity contribution in [3.63, 3.8) is 0 Å². The Hall–Kier alpha value is -1.17. The number of hydrogen-bond donors (Lipinski definition) is 4. The average Bonchev–Trinajstić information content (AvgIpc) is 3.16. The molecule has 0 aliphatic rings. The van der Waals surface area contributed by atoms with Crippen LogP contribution in [0.25, 0.3) is 0 Å². The molecule has 0 radical (unpaired) electrons. The van der Waals surface area contributed by atoms with Crippen molar-refractivity contribution < 1.29 is 20.1 Å². The van der Waals surface area contributed by atoms with Crippen molar-refractivity contribution in [1.29, 1.82) is 0 Å². The molecule has 0 aromatic heterocycles. The van der Waals surface area contributed by atoms with Crippen LogP contribution in [0.2, 0.25) is 0 Å². The topological polar surface area (TPSA) is 89.8 Å². The molecule has 0 spiro atoms. The second-order valence-electron chi connectivity index (χ2n) is 16.7. The second kappa shape index (κ2) is 44.5. The summed E-state index contributed by atoms with van der Waals surface area (Å²) in [5, 5.41) is 33.3. The van der Waals surface area contributed by atoms with Crippen molar-refractivity contribution >= 4 is 5.91 Å². The average molecular weight is 762 g/mol. The first-order chi connectivity index (χ1) is 26.5. The van der Waals surface area contributed by atoms with Crippen molar-refractivity contribution in [3.8, 4) is 0 Å². The molecular formula is C49H95NO4. The summed E-state index contributed by atoms with van der Waals surface area (Å²) in [6.07, 6.45) is 54.8. The molecule has 4 N–H and O–H groups in total. The summed E-state index contributed by atoms with van der Waals surface area (Å²) in [6.45, 7) is 4.22. The molecule has 0 bridgehead atoms. The van der Waals surface area contributed by atoms with E-state index in [-0.39, 0.29) is 18.9 Å². The van der Waals surface area contributed by atoms with E-state index in [1.165, 1.54) is 193 Å². The molecule has 0 saturated heterocycles. The summed E-state index contributed by atoms with van der Waals surface area (Å²) in [4.78, 5) is 12.4. The van der Waals surface area contributed by atoms with Gasteiger partial charge in [-0.1, -0.05) is 231 Å². The number of carbonyl (C=O) groups excluding carboxylic acids is 1. The Morgan fingerprint density at radius 3 is 1.13 bits per heavy atom. The van der Waals surface area contributed by atoms with Gasteiger partial charge in [0.1, 0.15) is 0 Å². The molecule has 1 amide bonds. The summed E-state index contributed by atoms with van der Waals surface area (Å²) < 4.78 is 0. The monoisotopic (exact) mass is 762 g/mol. The van der Waals surface area contributed by atoms with Crippen molar-refractivity contribution in [3.05, 3.63) is 24.3 Å². The van der Waals surface area contributed by atoms with E-state index >= 15 is 0 Å². The lowest BCUT2D eigenvalue weighted by atomic mass is 10.0. The first-order valence-electron chi connectivity index (χ1n) is 24.1. The fourth-order valence-corrected chi connectivity index (χ4v) is 7.51. The predicted octanol–water partition coefficient (Wildman–Crippen LogP) is 14.2. The summed E-state index contributed by atoms with van der Waals surface area (Å²) in [5.74, 6) is -0.318. The number of allylic oxidation sites excluding steroid dienone is 3. The van der Waals surface area contributed by atoms with Crippen LogP contribution < -0.4 is 5.32 Å².